The van der Waals surface area contributed by atoms with Crippen molar-refractivity contribution in [2.24, 2.45) is 0 Å². The lowest BCUT2D eigenvalue weighted by Gasteiger charge is -2.12. The Balaban J connectivity index is 1.10. The molecule has 12 aromatic rings. The SMILES string of the molecule is c1ccc(-c2cc(-c3ccccc3)nc(-c3cccc(-n4c5ccccc5c5cc6c7cc8ccn(-c9ccccc9)c8cc7n(-c7ccccc7)c6cc54)c3)n2)cc1. The molecule has 4 aromatic heterocycles. The second-order valence-corrected chi connectivity index (χ2v) is 15.1. The van der Waals surface area contributed by atoms with Crippen molar-refractivity contribution in [2.45, 2.75) is 0 Å². The van der Waals surface area contributed by atoms with Gasteiger partial charge in [-0.15, -0.1) is 0 Å². The van der Waals surface area contributed by atoms with E-state index < -0.39 is 0 Å². The Hall–Kier alpha value is -8.02. The van der Waals surface area contributed by atoms with E-state index in [9.17, 15) is 0 Å². The van der Waals surface area contributed by atoms with Crippen molar-refractivity contribution in [3.8, 4) is 51.0 Å². The molecule has 0 saturated carbocycles. The van der Waals surface area contributed by atoms with Crippen molar-refractivity contribution in [2.75, 3.05) is 0 Å². The highest BCUT2D eigenvalue weighted by molar-refractivity contribution is 6.20. The van der Waals surface area contributed by atoms with E-state index in [1.54, 1.807) is 0 Å². The first-order valence-electron chi connectivity index (χ1n) is 20.0. The summed E-state index contributed by atoms with van der Waals surface area (Å²) >= 11 is 0. The molecule has 0 amide bonds. The highest BCUT2D eigenvalue weighted by atomic mass is 15.0. The number of hydrogen-bond acceptors (Lipinski definition) is 2. The number of nitrogens with zero attached hydrogens (tertiary/aromatic N) is 5. The monoisotopic (exact) mass is 753 g/mol. The quantitative estimate of drug-likeness (QED) is 0.170. The maximum atomic E-state index is 5.18. The van der Waals surface area contributed by atoms with E-state index >= 15 is 0 Å². The van der Waals surface area contributed by atoms with Crippen molar-refractivity contribution < 1.29 is 0 Å². The summed E-state index contributed by atoms with van der Waals surface area (Å²) in [4.78, 5) is 10.4. The summed E-state index contributed by atoms with van der Waals surface area (Å²) in [5.41, 5.74) is 13.9. The van der Waals surface area contributed by atoms with Crippen LogP contribution in [0.3, 0.4) is 0 Å². The van der Waals surface area contributed by atoms with E-state index in [2.05, 4.69) is 214 Å². The van der Waals surface area contributed by atoms with Gasteiger partial charge in [-0.2, -0.15) is 0 Å². The number of rotatable bonds is 6. The van der Waals surface area contributed by atoms with Crippen LogP contribution in [0.25, 0.3) is 105 Å². The number of benzene rings is 8. The van der Waals surface area contributed by atoms with Crippen molar-refractivity contribution >= 4 is 54.5 Å². The fourth-order valence-electron chi connectivity index (χ4n) is 8.93. The molecule has 0 spiro atoms. The maximum absolute atomic E-state index is 5.18. The normalized spacial score (nSPS) is 11.7. The molecule has 4 heterocycles. The topological polar surface area (TPSA) is 40.6 Å². The van der Waals surface area contributed by atoms with Gasteiger partial charge < -0.3 is 13.7 Å². The van der Waals surface area contributed by atoms with Crippen LogP contribution >= 0.6 is 0 Å². The molecule has 12 rings (SSSR count). The average Bonchev–Trinajstić information content (AvgIpc) is 3.98. The van der Waals surface area contributed by atoms with Gasteiger partial charge in [0.1, 0.15) is 0 Å². The van der Waals surface area contributed by atoms with Gasteiger partial charge in [-0.1, -0.05) is 127 Å². The Morgan fingerprint density at radius 2 is 0.814 bits per heavy atom. The van der Waals surface area contributed by atoms with Gasteiger partial charge in [0.2, 0.25) is 0 Å². The lowest BCUT2D eigenvalue weighted by Crippen LogP contribution is -1.98. The highest BCUT2D eigenvalue weighted by Gasteiger charge is 2.20. The summed E-state index contributed by atoms with van der Waals surface area (Å²) in [6, 6.07) is 73.3. The van der Waals surface area contributed by atoms with Crippen LogP contribution in [0.4, 0.5) is 0 Å². The van der Waals surface area contributed by atoms with Crippen LogP contribution in [0.5, 0.6) is 0 Å². The van der Waals surface area contributed by atoms with Gasteiger partial charge in [0.05, 0.1) is 39.0 Å². The van der Waals surface area contributed by atoms with Crippen LogP contribution < -0.4 is 0 Å². The molecule has 0 unspecified atom stereocenters. The second kappa shape index (κ2) is 13.3. The minimum atomic E-state index is 0.686. The highest BCUT2D eigenvalue weighted by Crippen LogP contribution is 2.41. The van der Waals surface area contributed by atoms with Crippen LogP contribution in [0, 0.1) is 0 Å². The first kappa shape index (κ1) is 33.2. The number of para-hydroxylation sites is 3. The molecule has 0 radical (unpaired) electrons. The molecule has 276 valence electrons. The van der Waals surface area contributed by atoms with Gasteiger partial charge in [0, 0.05) is 66.9 Å². The van der Waals surface area contributed by atoms with E-state index in [0.717, 1.165) is 61.7 Å². The van der Waals surface area contributed by atoms with Gasteiger partial charge >= 0.3 is 0 Å². The molecule has 8 aromatic carbocycles. The third kappa shape index (κ3) is 5.40. The molecule has 0 N–H and O–H groups in total. The molecule has 0 atom stereocenters. The molecule has 5 nitrogen and oxygen atoms in total. The third-order valence-corrected chi connectivity index (χ3v) is 11.6. The molecular weight excluding hydrogens is 719 g/mol. The van der Waals surface area contributed by atoms with Gasteiger partial charge in [-0.3, -0.25) is 0 Å². The molecule has 0 aliphatic heterocycles. The standard InChI is InChI=1S/C54H35N5/c1-5-16-36(17-6-1)47-33-48(37-18-7-2-8-19-37)56-54(55-47)39-20-15-25-42(30-39)59-49-27-14-13-26-43(49)45-32-46-44-31-38-28-29-57(40-21-9-3-10-22-40)50(38)34-51(44)58(53(46)35-52(45)59)41-23-11-4-12-24-41/h1-35H. The zero-order valence-electron chi connectivity index (χ0n) is 31.9. The fraction of sp³-hybridized carbons (Fsp3) is 0. The molecule has 0 aliphatic carbocycles. The summed E-state index contributed by atoms with van der Waals surface area (Å²) in [7, 11) is 0. The predicted molar refractivity (Wildman–Crippen MR) is 244 cm³/mol. The van der Waals surface area contributed by atoms with Crippen molar-refractivity contribution in [3.63, 3.8) is 0 Å². The van der Waals surface area contributed by atoms with E-state index in [1.165, 1.54) is 38.0 Å². The van der Waals surface area contributed by atoms with Crippen LogP contribution in [-0.4, -0.2) is 23.7 Å². The maximum Gasteiger partial charge on any atom is 0.160 e. The average molecular weight is 754 g/mol. The molecule has 0 aliphatic rings. The van der Waals surface area contributed by atoms with E-state index in [0.29, 0.717) is 5.82 Å². The lowest BCUT2D eigenvalue weighted by atomic mass is 10.1. The van der Waals surface area contributed by atoms with Crippen LogP contribution in [-0.2, 0) is 0 Å². The van der Waals surface area contributed by atoms with Gasteiger partial charge in [-0.25, -0.2) is 9.97 Å². The van der Waals surface area contributed by atoms with E-state index in [4.69, 9.17) is 9.97 Å². The molecular formula is C54H35N5. The zero-order valence-corrected chi connectivity index (χ0v) is 31.9. The Bertz CT molecular complexity index is 3470. The Labute approximate surface area is 340 Å². The molecule has 0 fully saturated rings. The molecule has 59 heavy (non-hydrogen) atoms. The number of aromatic nitrogens is 5. The summed E-state index contributed by atoms with van der Waals surface area (Å²) in [6.07, 6.45) is 2.18. The smallest absolute Gasteiger partial charge is 0.160 e. The fourth-order valence-corrected chi connectivity index (χ4v) is 8.93. The summed E-state index contributed by atoms with van der Waals surface area (Å²) in [5.74, 6) is 0.686. The van der Waals surface area contributed by atoms with Gasteiger partial charge in [0.15, 0.2) is 5.82 Å². The lowest BCUT2D eigenvalue weighted by molar-refractivity contribution is 1.12. The van der Waals surface area contributed by atoms with Crippen LogP contribution in [0.15, 0.2) is 212 Å². The Morgan fingerprint density at radius 1 is 0.305 bits per heavy atom. The number of hydrogen-bond donors (Lipinski definition) is 0. The number of fused-ring (bicyclic) bond motifs is 7. The summed E-state index contributed by atoms with van der Waals surface area (Å²) in [5, 5.41) is 6.08. The van der Waals surface area contributed by atoms with Gasteiger partial charge in [-0.05, 0) is 78.9 Å². The molecule has 0 bridgehead atoms. The second-order valence-electron chi connectivity index (χ2n) is 15.1. The molecule has 5 heteroatoms. The van der Waals surface area contributed by atoms with E-state index in [1.807, 2.05) is 12.1 Å². The van der Waals surface area contributed by atoms with Crippen LogP contribution in [0.1, 0.15) is 0 Å². The van der Waals surface area contributed by atoms with Crippen molar-refractivity contribution in [1.82, 2.24) is 23.7 Å². The Kier molecular flexibility index (Phi) is 7.47. The van der Waals surface area contributed by atoms with E-state index in [-0.39, 0.29) is 0 Å². The minimum Gasteiger partial charge on any atom is -0.316 e. The first-order valence-corrected chi connectivity index (χ1v) is 20.0. The third-order valence-electron chi connectivity index (χ3n) is 11.6. The van der Waals surface area contributed by atoms with Crippen molar-refractivity contribution in [3.05, 3.63) is 212 Å². The van der Waals surface area contributed by atoms with Crippen LogP contribution in [0.2, 0.25) is 0 Å². The Morgan fingerprint density at radius 3 is 1.49 bits per heavy atom. The largest absolute Gasteiger partial charge is 0.316 e. The minimum absolute atomic E-state index is 0.686. The molecule has 0 saturated heterocycles. The predicted octanol–water partition coefficient (Wildman–Crippen LogP) is 13.6. The zero-order chi connectivity index (χ0) is 38.9. The summed E-state index contributed by atoms with van der Waals surface area (Å²) < 4.78 is 7.12. The van der Waals surface area contributed by atoms with Gasteiger partial charge in [0.25, 0.3) is 0 Å². The first-order chi connectivity index (χ1) is 29.2. The summed E-state index contributed by atoms with van der Waals surface area (Å²) in [6.45, 7) is 0. The van der Waals surface area contributed by atoms with Crippen molar-refractivity contribution in [1.29, 1.82) is 0 Å².